The van der Waals surface area contributed by atoms with Gasteiger partial charge in [-0.15, -0.1) is 0 Å². The molecule has 4 heteroatoms. The Morgan fingerprint density at radius 3 is 2.58 bits per heavy atom. The zero-order chi connectivity index (χ0) is 14.7. The number of unbranched alkanes of at least 4 members (excludes halogenated alkanes) is 1. The van der Waals surface area contributed by atoms with Crippen LogP contribution in [0, 0.1) is 5.92 Å². The predicted octanol–water partition coefficient (Wildman–Crippen LogP) is 3.48. The second-order valence-corrected chi connectivity index (χ2v) is 6.50. The number of hydrogen-bond donors (Lipinski definition) is 1. The summed E-state index contributed by atoms with van der Waals surface area (Å²) < 4.78 is 5.12. The van der Waals surface area contributed by atoms with Gasteiger partial charge >= 0.3 is 5.97 Å². The molecule has 0 aliphatic carbocycles. The average molecular weight is 289 g/mol. The molecule has 0 aromatic rings. The Labute approximate surface area is 123 Å². The maximum Gasteiger partial charge on any atom is 0.326 e. The third-order valence-corrected chi connectivity index (χ3v) is 4.97. The molecular weight excluding hydrogens is 258 g/mol. The molecule has 0 rings (SSSR count). The van der Waals surface area contributed by atoms with E-state index in [0.29, 0.717) is 6.61 Å². The van der Waals surface area contributed by atoms with Crippen molar-refractivity contribution in [2.24, 2.45) is 5.92 Å². The van der Waals surface area contributed by atoms with E-state index in [2.05, 4.69) is 19.2 Å². The number of carbonyl (C=O) groups is 1. The topological polar surface area (TPSA) is 38.3 Å². The van der Waals surface area contributed by atoms with E-state index in [-0.39, 0.29) is 5.97 Å². The second kappa shape index (κ2) is 10.6. The molecule has 0 aromatic heterocycles. The number of likely N-dealkylation sites (N-methyl/N-ethyl adjacent to an activating group) is 1. The zero-order valence-electron chi connectivity index (χ0n) is 13.3. The molecule has 0 aliphatic rings. The van der Waals surface area contributed by atoms with Crippen molar-refractivity contribution in [3.63, 3.8) is 0 Å². The van der Waals surface area contributed by atoms with Gasteiger partial charge in [-0.05, 0) is 51.2 Å². The van der Waals surface area contributed by atoms with Crippen LogP contribution in [0.25, 0.3) is 0 Å². The first-order valence-corrected chi connectivity index (χ1v) is 8.59. The number of ether oxygens (including phenoxy) is 1. The monoisotopic (exact) mass is 289 g/mol. The van der Waals surface area contributed by atoms with E-state index in [1.807, 2.05) is 32.7 Å². The van der Waals surface area contributed by atoms with Crippen molar-refractivity contribution in [3.8, 4) is 0 Å². The first kappa shape index (κ1) is 18.8. The molecular formula is C15H31NO2S. The number of thioether (sulfide) groups is 1. The largest absolute Gasteiger partial charge is 0.465 e. The zero-order valence-corrected chi connectivity index (χ0v) is 14.1. The average Bonchev–Trinajstić information content (AvgIpc) is 2.42. The normalized spacial score (nSPS) is 15.8. The van der Waals surface area contributed by atoms with Crippen LogP contribution in [-0.4, -0.2) is 36.7 Å². The summed E-state index contributed by atoms with van der Waals surface area (Å²) in [6, 6.07) is 0. The molecule has 114 valence electrons. The van der Waals surface area contributed by atoms with Crippen molar-refractivity contribution in [1.82, 2.24) is 5.32 Å². The Bertz CT molecular complexity index is 248. The molecule has 0 aromatic carbocycles. The summed E-state index contributed by atoms with van der Waals surface area (Å²) in [5, 5.41) is 3.10. The SMILES string of the molecule is CCOC(=O)C(C)(CCCCSCC(C)CC)NC. The highest BCUT2D eigenvalue weighted by molar-refractivity contribution is 7.99. The Morgan fingerprint density at radius 1 is 1.37 bits per heavy atom. The smallest absolute Gasteiger partial charge is 0.326 e. The molecule has 0 amide bonds. The maximum atomic E-state index is 11.9. The molecule has 1 N–H and O–H groups in total. The van der Waals surface area contributed by atoms with Gasteiger partial charge in [0.15, 0.2) is 0 Å². The van der Waals surface area contributed by atoms with Crippen LogP contribution in [0.2, 0.25) is 0 Å². The Morgan fingerprint density at radius 2 is 2.05 bits per heavy atom. The lowest BCUT2D eigenvalue weighted by Crippen LogP contribution is -2.48. The Kier molecular flexibility index (Phi) is 10.4. The van der Waals surface area contributed by atoms with Gasteiger partial charge in [-0.25, -0.2) is 0 Å². The van der Waals surface area contributed by atoms with Crippen LogP contribution in [0.5, 0.6) is 0 Å². The third-order valence-electron chi connectivity index (χ3n) is 3.59. The minimum atomic E-state index is -0.530. The summed E-state index contributed by atoms with van der Waals surface area (Å²) in [5.41, 5.74) is -0.530. The highest BCUT2D eigenvalue weighted by Gasteiger charge is 2.31. The molecule has 19 heavy (non-hydrogen) atoms. The van der Waals surface area contributed by atoms with Gasteiger partial charge in [0, 0.05) is 0 Å². The molecule has 2 unspecified atom stereocenters. The maximum absolute atomic E-state index is 11.9. The lowest BCUT2D eigenvalue weighted by atomic mass is 9.95. The summed E-state index contributed by atoms with van der Waals surface area (Å²) >= 11 is 2.03. The standard InChI is InChI=1S/C15H31NO2S/c1-6-13(3)12-19-11-9-8-10-15(4,16-5)14(17)18-7-2/h13,16H,6-12H2,1-5H3. The van der Waals surface area contributed by atoms with Crippen LogP contribution in [0.1, 0.15) is 53.4 Å². The van der Waals surface area contributed by atoms with Gasteiger partial charge in [0.05, 0.1) is 6.61 Å². The summed E-state index contributed by atoms with van der Waals surface area (Å²) in [4.78, 5) is 11.9. The van der Waals surface area contributed by atoms with Gasteiger partial charge in [-0.3, -0.25) is 4.79 Å². The van der Waals surface area contributed by atoms with E-state index in [9.17, 15) is 4.79 Å². The van der Waals surface area contributed by atoms with Gasteiger partial charge in [0.1, 0.15) is 5.54 Å². The van der Waals surface area contributed by atoms with E-state index in [1.54, 1.807) is 0 Å². The van der Waals surface area contributed by atoms with E-state index >= 15 is 0 Å². The third kappa shape index (κ3) is 7.83. The van der Waals surface area contributed by atoms with Crippen LogP contribution in [0.15, 0.2) is 0 Å². The predicted molar refractivity (Wildman–Crippen MR) is 84.7 cm³/mol. The molecule has 0 aliphatic heterocycles. The van der Waals surface area contributed by atoms with Crippen LogP contribution < -0.4 is 5.32 Å². The van der Waals surface area contributed by atoms with Crippen LogP contribution in [-0.2, 0) is 9.53 Å². The Balaban J connectivity index is 3.80. The first-order chi connectivity index (χ1) is 9.00. The minimum absolute atomic E-state index is 0.134. The number of rotatable bonds is 11. The second-order valence-electron chi connectivity index (χ2n) is 5.35. The van der Waals surface area contributed by atoms with E-state index in [4.69, 9.17) is 4.74 Å². The summed E-state index contributed by atoms with van der Waals surface area (Å²) in [6.45, 7) is 8.76. The van der Waals surface area contributed by atoms with Gasteiger partial charge in [0.2, 0.25) is 0 Å². The van der Waals surface area contributed by atoms with Crippen molar-refractivity contribution in [3.05, 3.63) is 0 Å². The number of esters is 1. The molecule has 0 saturated heterocycles. The van der Waals surface area contributed by atoms with Gasteiger partial charge in [0.25, 0.3) is 0 Å². The highest BCUT2D eigenvalue weighted by Crippen LogP contribution is 2.18. The van der Waals surface area contributed by atoms with Gasteiger partial charge in [-0.2, -0.15) is 11.8 Å². The summed E-state index contributed by atoms with van der Waals surface area (Å²) in [6.07, 6.45) is 4.32. The lowest BCUT2D eigenvalue weighted by Gasteiger charge is -2.26. The summed E-state index contributed by atoms with van der Waals surface area (Å²) in [5.74, 6) is 3.11. The summed E-state index contributed by atoms with van der Waals surface area (Å²) in [7, 11) is 1.83. The molecule has 0 radical (unpaired) electrons. The van der Waals surface area contributed by atoms with Crippen LogP contribution >= 0.6 is 11.8 Å². The molecule has 0 fully saturated rings. The number of hydrogen-bond acceptors (Lipinski definition) is 4. The van der Waals surface area contributed by atoms with Crippen LogP contribution in [0.3, 0.4) is 0 Å². The molecule has 2 atom stereocenters. The minimum Gasteiger partial charge on any atom is -0.465 e. The van der Waals surface area contributed by atoms with Crippen molar-refractivity contribution in [1.29, 1.82) is 0 Å². The molecule has 0 spiro atoms. The van der Waals surface area contributed by atoms with Crippen molar-refractivity contribution in [2.75, 3.05) is 25.2 Å². The van der Waals surface area contributed by atoms with Gasteiger partial charge in [-0.1, -0.05) is 26.7 Å². The Hall–Kier alpha value is -0.220. The number of carbonyl (C=O) groups excluding carboxylic acids is 1. The first-order valence-electron chi connectivity index (χ1n) is 7.44. The van der Waals surface area contributed by atoms with Gasteiger partial charge < -0.3 is 10.1 Å². The molecule has 3 nitrogen and oxygen atoms in total. The quantitative estimate of drug-likeness (QED) is 0.467. The van der Waals surface area contributed by atoms with Crippen molar-refractivity contribution >= 4 is 17.7 Å². The van der Waals surface area contributed by atoms with E-state index < -0.39 is 5.54 Å². The fourth-order valence-corrected chi connectivity index (χ4v) is 2.92. The van der Waals surface area contributed by atoms with Crippen LogP contribution in [0.4, 0.5) is 0 Å². The van der Waals surface area contributed by atoms with Crippen molar-refractivity contribution in [2.45, 2.75) is 58.9 Å². The van der Waals surface area contributed by atoms with E-state index in [1.165, 1.54) is 17.9 Å². The molecule has 0 bridgehead atoms. The molecule has 0 heterocycles. The van der Waals surface area contributed by atoms with Crippen molar-refractivity contribution < 1.29 is 9.53 Å². The van der Waals surface area contributed by atoms with E-state index in [0.717, 1.165) is 25.2 Å². The number of nitrogens with one attached hydrogen (secondary N) is 1. The lowest BCUT2D eigenvalue weighted by molar-refractivity contribution is -0.150. The fraction of sp³-hybridized carbons (Fsp3) is 0.933. The fourth-order valence-electron chi connectivity index (χ4n) is 1.70. The molecule has 0 saturated carbocycles. The highest BCUT2D eigenvalue weighted by atomic mass is 32.2.